The van der Waals surface area contributed by atoms with Gasteiger partial charge in [-0.3, -0.25) is 9.59 Å². The molecule has 0 saturated heterocycles. The summed E-state index contributed by atoms with van der Waals surface area (Å²) in [7, 11) is 0. The predicted octanol–water partition coefficient (Wildman–Crippen LogP) is 0.506. The molecule has 1 heterocycles. The lowest BCUT2D eigenvalue weighted by molar-refractivity contribution is -0.144. The maximum atomic E-state index is 11.8. The molecule has 1 aliphatic rings. The first kappa shape index (κ1) is 13.2. The van der Waals surface area contributed by atoms with E-state index in [-0.39, 0.29) is 19.8 Å². The van der Waals surface area contributed by atoms with Crippen LogP contribution in [0.4, 0.5) is 0 Å². The molecule has 102 valence electrons. The van der Waals surface area contributed by atoms with E-state index in [0.29, 0.717) is 11.5 Å². The lowest BCUT2D eigenvalue weighted by atomic mass is 10.2. The van der Waals surface area contributed by atoms with E-state index in [4.69, 9.17) is 14.2 Å². The van der Waals surface area contributed by atoms with Crippen LogP contribution in [-0.4, -0.2) is 37.7 Å². The fourth-order valence-electron chi connectivity index (χ4n) is 1.63. The van der Waals surface area contributed by atoms with Crippen molar-refractivity contribution in [2.45, 2.75) is 13.0 Å². The van der Waals surface area contributed by atoms with Gasteiger partial charge in [-0.1, -0.05) is 12.1 Å². The Bertz CT molecular complexity index is 474. The minimum absolute atomic E-state index is 0.117. The maximum absolute atomic E-state index is 11.8. The lowest BCUT2D eigenvalue weighted by Crippen LogP contribution is -2.45. The van der Waals surface area contributed by atoms with E-state index in [2.05, 4.69) is 5.32 Å². The van der Waals surface area contributed by atoms with Crippen molar-refractivity contribution in [3.63, 3.8) is 0 Å². The third-order valence-electron chi connectivity index (χ3n) is 2.51. The van der Waals surface area contributed by atoms with Gasteiger partial charge in [-0.2, -0.15) is 0 Å². The molecule has 0 spiro atoms. The van der Waals surface area contributed by atoms with Gasteiger partial charge >= 0.3 is 5.97 Å². The van der Waals surface area contributed by atoms with Crippen molar-refractivity contribution in [3.8, 4) is 11.5 Å². The van der Waals surface area contributed by atoms with Crippen molar-refractivity contribution >= 4 is 11.9 Å². The second kappa shape index (κ2) is 6.08. The van der Waals surface area contributed by atoms with Crippen molar-refractivity contribution in [2.75, 3.05) is 19.8 Å². The largest absolute Gasteiger partial charge is 0.485 e. The standard InChI is InChI=1S/C13H15NO5/c1-2-17-12(15)7-14-13(16)11-8-18-9-5-3-4-6-10(9)19-11/h3-6,11H,2,7-8H2,1H3,(H,14,16)/t11-/m1/s1. The quantitative estimate of drug-likeness (QED) is 0.803. The van der Waals surface area contributed by atoms with E-state index in [1.165, 1.54) is 0 Å². The molecule has 1 N–H and O–H groups in total. The lowest BCUT2D eigenvalue weighted by Gasteiger charge is -2.25. The maximum Gasteiger partial charge on any atom is 0.325 e. The number of ether oxygens (including phenoxy) is 3. The minimum Gasteiger partial charge on any atom is -0.485 e. The molecule has 1 atom stereocenters. The van der Waals surface area contributed by atoms with Crippen LogP contribution in [0.3, 0.4) is 0 Å². The Hall–Kier alpha value is -2.24. The summed E-state index contributed by atoms with van der Waals surface area (Å²) in [6.45, 7) is 1.93. The first-order valence-electron chi connectivity index (χ1n) is 6.02. The predicted molar refractivity (Wildman–Crippen MR) is 66.0 cm³/mol. The number of carbonyl (C=O) groups is 2. The molecule has 1 aliphatic heterocycles. The summed E-state index contributed by atoms with van der Waals surface area (Å²) in [6.07, 6.45) is -0.760. The molecule has 0 fully saturated rings. The van der Waals surface area contributed by atoms with Gasteiger partial charge in [0.25, 0.3) is 5.91 Å². The van der Waals surface area contributed by atoms with Crippen LogP contribution in [0.5, 0.6) is 11.5 Å². The number of benzene rings is 1. The Morgan fingerprint density at radius 2 is 2.11 bits per heavy atom. The fraction of sp³-hybridized carbons (Fsp3) is 0.385. The molecule has 0 aliphatic carbocycles. The minimum atomic E-state index is -0.760. The zero-order valence-corrected chi connectivity index (χ0v) is 10.5. The number of hydrogen-bond donors (Lipinski definition) is 1. The molecule has 0 aromatic heterocycles. The van der Waals surface area contributed by atoms with Crippen LogP contribution in [0.25, 0.3) is 0 Å². The molecular formula is C13H15NO5. The van der Waals surface area contributed by atoms with Crippen LogP contribution in [0.15, 0.2) is 24.3 Å². The summed E-state index contributed by atoms with van der Waals surface area (Å²) in [4.78, 5) is 22.9. The number of esters is 1. The van der Waals surface area contributed by atoms with Gasteiger partial charge in [0.15, 0.2) is 11.5 Å². The Balaban J connectivity index is 1.87. The monoisotopic (exact) mass is 265 g/mol. The number of amides is 1. The molecule has 1 amide bonds. The summed E-state index contributed by atoms with van der Waals surface area (Å²) in [5.41, 5.74) is 0. The topological polar surface area (TPSA) is 73.9 Å². The van der Waals surface area contributed by atoms with Gasteiger partial charge in [-0.05, 0) is 19.1 Å². The highest BCUT2D eigenvalue weighted by Gasteiger charge is 2.27. The normalized spacial score (nSPS) is 16.6. The summed E-state index contributed by atoms with van der Waals surface area (Å²) >= 11 is 0. The van der Waals surface area contributed by atoms with Crippen molar-refractivity contribution in [1.82, 2.24) is 5.32 Å². The van der Waals surface area contributed by atoms with E-state index >= 15 is 0 Å². The Morgan fingerprint density at radius 3 is 2.84 bits per heavy atom. The van der Waals surface area contributed by atoms with E-state index in [9.17, 15) is 9.59 Å². The highest BCUT2D eigenvalue weighted by atomic mass is 16.6. The fourth-order valence-corrected chi connectivity index (χ4v) is 1.63. The average Bonchev–Trinajstić information content (AvgIpc) is 2.44. The smallest absolute Gasteiger partial charge is 0.325 e. The number of hydrogen-bond acceptors (Lipinski definition) is 5. The van der Waals surface area contributed by atoms with Crippen LogP contribution in [-0.2, 0) is 14.3 Å². The van der Waals surface area contributed by atoms with Gasteiger partial charge in [0.2, 0.25) is 6.10 Å². The zero-order chi connectivity index (χ0) is 13.7. The molecule has 1 aromatic carbocycles. The van der Waals surface area contributed by atoms with Crippen LogP contribution in [0, 0.1) is 0 Å². The van der Waals surface area contributed by atoms with Gasteiger partial charge in [0.1, 0.15) is 13.2 Å². The van der Waals surface area contributed by atoms with Crippen molar-refractivity contribution in [1.29, 1.82) is 0 Å². The Kier molecular flexibility index (Phi) is 4.22. The zero-order valence-electron chi connectivity index (χ0n) is 10.5. The summed E-state index contributed by atoms with van der Waals surface area (Å²) in [5.74, 6) is 0.248. The Morgan fingerprint density at radius 1 is 1.37 bits per heavy atom. The molecule has 0 saturated carbocycles. The molecule has 6 heteroatoms. The average molecular weight is 265 g/mol. The molecule has 2 rings (SSSR count). The van der Waals surface area contributed by atoms with Crippen LogP contribution >= 0.6 is 0 Å². The SMILES string of the molecule is CCOC(=O)CNC(=O)[C@H]1COc2ccccc2O1. The number of rotatable bonds is 4. The number of para-hydroxylation sites is 2. The van der Waals surface area contributed by atoms with Gasteiger partial charge < -0.3 is 19.5 Å². The summed E-state index contributed by atoms with van der Waals surface area (Å²) in [6, 6.07) is 7.10. The number of fused-ring (bicyclic) bond motifs is 1. The third-order valence-corrected chi connectivity index (χ3v) is 2.51. The molecule has 6 nitrogen and oxygen atoms in total. The van der Waals surface area contributed by atoms with E-state index in [0.717, 1.165) is 0 Å². The third kappa shape index (κ3) is 3.37. The van der Waals surface area contributed by atoms with Gasteiger partial charge in [0.05, 0.1) is 6.61 Å². The van der Waals surface area contributed by atoms with Crippen molar-refractivity contribution in [3.05, 3.63) is 24.3 Å². The molecule has 0 bridgehead atoms. The summed E-state index contributed by atoms with van der Waals surface area (Å²) < 4.78 is 15.6. The number of nitrogens with one attached hydrogen (secondary N) is 1. The van der Waals surface area contributed by atoms with E-state index in [1.54, 1.807) is 25.1 Å². The first-order valence-corrected chi connectivity index (χ1v) is 6.02. The van der Waals surface area contributed by atoms with Crippen LogP contribution < -0.4 is 14.8 Å². The van der Waals surface area contributed by atoms with Crippen LogP contribution in [0.1, 0.15) is 6.92 Å². The van der Waals surface area contributed by atoms with Crippen molar-refractivity contribution < 1.29 is 23.8 Å². The van der Waals surface area contributed by atoms with Gasteiger partial charge in [-0.15, -0.1) is 0 Å². The molecular weight excluding hydrogens is 250 g/mol. The van der Waals surface area contributed by atoms with Crippen LogP contribution in [0.2, 0.25) is 0 Å². The highest BCUT2D eigenvalue weighted by Crippen LogP contribution is 2.30. The highest BCUT2D eigenvalue weighted by molar-refractivity contribution is 5.85. The van der Waals surface area contributed by atoms with Gasteiger partial charge in [0, 0.05) is 0 Å². The second-order valence-corrected chi connectivity index (χ2v) is 3.89. The van der Waals surface area contributed by atoms with E-state index in [1.807, 2.05) is 6.07 Å². The Labute approximate surface area is 110 Å². The van der Waals surface area contributed by atoms with E-state index < -0.39 is 18.0 Å². The molecule has 0 unspecified atom stereocenters. The summed E-state index contributed by atoms with van der Waals surface area (Å²) in [5, 5.41) is 2.45. The number of carbonyl (C=O) groups excluding carboxylic acids is 2. The first-order chi connectivity index (χ1) is 9.20. The molecule has 19 heavy (non-hydrogen) atoms. The molecule has 0 radical (unpaired) electrons. The second-order valence-electron chi connectivity index (χ2n) is 3.89. The molecule has 1 aromatic rings. The van der Waals surface area contributed by atoms with Crippen molar-refractivity contribution in [2.24, 2.45) is 0 Å². The van der Waals surface area contributed by atoms with Gasteiger partial charge in [-0.25, -0.2) is 0 Å².